The van der Waals surface area contributed by atoms with Gasteiger partial charge >= 0.3 is 5.97 Å². The zero-order chi connectivity index (χ0) is 18.0. The lowest BCUT2D eigenvalue weighted by molar-refractivity contribution is -0.162. The molecule has 0 amide bonds. The van der Waals surface area contributed by atoms with Gasteiger partial charge in [0.25, 0.3) is 0 Å². The first-order valence-corrected chi connectivity index (χ1v) is 10.5. The summed E-state index contributed by atoms with van der Waals surface area (Å²) in [7, 11) is -2.35. The molecule has 0 aliphatic carbocycles. The normalized spacial score (nSPS) is 16.1. The fraction of sp³-hybridized carbons (Fsp3) is 0.875. The van der Waals surface area contributed by atoms with Crippen LogP contribution < -0.4 is 0 Å². The molecule has 0 aromatic rings. The number of rotatable bonds is 6. The van der Waals surface area contributed by atoms with Crippen LogP contribution in [0.5, 0.6) is 0 Å². The number of aliphatic hydroxyl groups excluding tert-OH is 1. The summed E-state index contributed by atoms with van der Waals surface area (Å²) in [6.45, 7) is 16.0. The van der Waals surface area contributed by atoms with Crippen LogP contribution in [0.1, 0.15) is 48.5 Å². The monoisotopic (exact) mass is 332 g/mol. The summed E-state index contributed by atoms with van der Waals surface area (Å²) in [6, 6.07) is 0. The maximum absolute atomic E-state index is 12.9. The maximum Gasteiger partial charge on any atom is 0.302 e. The van der Waals surface area contributed by atoms with Crippen molar-refractivity contribution in [1.29, 1.82) is 0 Å². The van der Waals surface area contributed by atoms with E-state index in [4.69, 9.17) is 9.16 Å². The third-order valence-electron chi connectivity index (χ3n) is 4.12. The lowest BCUT2D eigenvalue weighted by Crippen LogP contribution is -2.60. The average molecular weight is 333 g/mol. The van der Waals surface area contributed by atoms with Gasteiger partial charge in [-0.25, -0.2) is 0 Å². The molecule has 0 aliphatic heterocycles. The number of Topliss-reactive ketones (excluding diaryl/α,β-unsaturated/α-hetero) is 1. The minimum absolute atomic E-state index is 0.137. The molecule has 1 N–H and O–H groups in total. The summed E-state index contributed by atoms with van der Waals surface area (Å²) in [5, 5.41) is 9.80. The molecule has 0 radical (unpaired) electrons. The van der Waals surface area contributed by atoms with E-state index in [9.17, 15) is 14.7 Å². The van der Waals surface area contributed by atoms with E-state index in [1.165, 1.54) is 6.92 Å². The van der Waals surface area contributed by atoms with E-state index in [1.54, 1.807) is 20.8 Å². The zero-order valence-electron chi connectivity index (χ0n) is 15.5. The number of carbonyl (C=O) groups excluding carboxylic acids is 2. The van der Waals surface area contributed by atoms with Gasteiger partial charge in [0, 0.05) is 12.3 Å². The van der Waals surface area contributed by atoms with Gasteiger partial charge in [-0.3, -0.25) is 9.59 Å². The van der Waals surface area contributed by atoms with E-state index < -0.39 is 31.9 Å². The smallest absolute Gasteiger partial charge is 0.302 e. The molecule has 22 heavy (non-hydrogen) atoms. The van der Waals surface area contributed by atoms with Gasteiger partial charge in [-0.15, -0.1) is 0 Å². The minimum atomic E-state index is -2.35. The molecule has 6 heteroatoms. The van der Waals surface area contributed by atoms with Gasteiger partial charge in [-0.2, -0.15) is 0 Å². The maximum atomic E-state index is 12.9. The second kappa shape index (κ2) is 6.80. The highest BCUT2D eigenvalue weighted by Crippen LogP contribution is 2.40. The SMILES string of the molecule is CC(=O)OCC(CO)(O[Si](C)(C)C(C)(C)C)C(=O)C(C)(C)C. The molecule has 0 aromatic heterocycles. The number of ether oxygens (including phenoxy) is 1. The van der Waals surface area contributed by atoms with Crippen molar-refractivity contribution in [2.75, 3.05) is 13.2 Å². The summed E-state index contributed by atoms with van der Waals surface area (Å²) in [4.78, 5) is 24.1. The highest BCUT2D eigenvalue weighted by Gasteiger charge is 2.51. The number of hydrogen-bond donors (Lipinski definition) is 1. The first kappa shape index (κ1) is 21.3. The van der Waals surface area contributed by atoms with Gasteiger partial charge in [-0.1, -0.05) is 41.5 Å². The second-order valence-corrected chi connectivity index (χ2v) is 13.1. The molecule has 1 unspecified atom stereocenters. The van der Waals surface area contributed by atoms with Crippen LogP contribution in [0.4, 0.5) is 0 Å². The van der Waals surface area contributed by atoms with Crippen molar-refractivity contribution in [2.45, 2.75) is 72.2 Å². The molecule has 130 valence electrons. The number of carbonyl (C=O) groups is 2. The van der Waals surface area contributed by atoms with E-state index in [0.29, 0.717) is 0 Å². The molecule has 0 bridgehead atoms. The van der Waals surface area contributed by atoms with Gasteiger partial charge in [0.15, 0.2) is 19.7 Å². The summed E-state index contributed by atoms with van der Waals surface area (Å²) < 4.78 is 11.3. The Hall–Kier alpha value is -0.723. The molecule has 0 rings (SSSR count). The first-order valence-electron chi connectivity index (χ1n) is 7.58. The minimum Gasteiger partial charge on any atom is -0.462 e. The Bertz CT molecular complexity index is 417. The van der Waals surface area contributed by atoms with Crippen molar-refractivity contribution >= 4 is 20.1 Å². The number of hydrogen-bond acceptors (Lipinski definition) is 5. The molecule has 0 aromatic carbocycles. The second-order valence-electron chi connectivity index (χ2n) is 8.37. The van der Waals surface area contributed by atoms with Gasteiger partial charge in [0.2, 0.25) is 0 Å². The summed E-state index contributed by atoms with van der Waals surface area (Å²) >= 11 is 0. The summed E-state index contributed by atoms with van der Waals surface area (Å²) in [5.41, 5.74) is -2.22. The van der Waals surface area contributed by atoms with Crippen LogP contribution in [0.3, 0.4) is 0 Å². The topological polar surface area (TPSA) is 72.8 Å². The van der Waals surface area contributed by atoms with E-state index in [0.717, 1.165) is 0 Å². The van der Waals surface area contributed by atoms with Crippen LogP contribution in [0.2, 0.25) is 18.1 Å². The van der Waals surface area contributed by atoms with Crippen LogP contribution >= 0.6 is 0 Å². The lowest BCUT2D eigenvalue weighted by Gasteiger charge is -2.45. The van der Waals surface area contributed by atoms with Crippen LogP contribution in [-0.2, 0) is 18.8 Å². The van der Waals surface area contributed by atoms with Crippen LogP contribution in [-0.4, -0.2) is 44.0 Å². The quantitative estimate of drug-likeness (QED) is 0.598. The summed E-state index contributed by atoms with van der Waals surface area (Å²) in [5.74, 6) is -0.757. The number of ketones is 1. The largest absolute Gasteiger partial charge is 0.462 e. The Morgan fingerprint density at radius 2 is 1.50 bits per heavy atom. The fourth-order valence-electron chi connectivity index (χ4n) is 1.83. The van der Waals surface area contributed by atoms with E-state index in [2.05, 4.69) is 20.8 Å². The van der Waals surface area contributed by atoms with Gasteiger partial charge in [0.05, 0.1) is 6.61 Å². The highest BCUT2D eigenvalue weighted by molar-refractivity contribution is 6.74. The third-order valence-corrected chi connectivity index (χ3v) is 8.63. The molecule has 5 nitrogen and oxygen atoms in total. The molecule has 0 spiro atoms. The van der Waals surface area contributed by atoms with E-state index >= 15 is 0 Å². The molecule has 0 saturated heterocycles. The molecule has 0 fully saturated rings. The van der Waals surface area contributed by atoms with E-state index in [1.807, 2.05) is 13.1 Å². The number of esters is 1. The van der Waals surface area contributed by atoms with Crippen molar-refractivity contribution < 1.29 is 23.9 Å². The van der Waals surface area contributed by atoms with Crippen molar-refractivity contribution in [3.05, 3.63) is 0 Å². The van der Waals surface area contributed by atoms with Crippen molar-refractivity contribution in [3.63, 3.8) is 0 Å². The molecular formula is C16H32O5Si. The summed E-state index contributed by atoms with van der Waals surface area (Å²) in [6.07, 6.45) is 0. The Morgan fingerprint density at radius 1 is 1.05 bits per heavy atom. The Morgan fingerprint density at radius 3 is 1.77 bits per heavy atom. The van der Waals surface area contributed by atoms with Crippen molar-refractivity contribution in [1.82, 2.24) is 0 Å². The van der Waals surface area contributed by atoms with Crippen LogP contribution in [0.25, 0.3) is 0 Å². The predicted molar refractivity (Wildman–Crippen MR) is 89.2 cm³/mol. The number of aliphatic hydroxyl groups is 1. The third kappa shape index (κ3) is 5.17. The molecule has 0 saturated carbocycles. The first-order chi connectivity index (χ1) is 9.59. The predicted octanol–water partition coefficient (Wildman–Crippen LogP) is 2.92. The van der Waals surface area contributed by atoms with Gasteiger partial charge in [-0.05, 0) is 18.1 Å². The van der Waals surface area contributed by atoms with Gasteiger partial charge < -0.3 is 14.3 Å². The zero-order valence-corrected chi connectivity index (χ0v) is 16.5. The van der Waals surface area contributed by atoms with Crippen molar-refractivity contribution in [3.8, 4) is 0 Å². The lowest BCUT2D eigenvalue weighted by atomic mass is 9.81. The highest BCUT2D eigenvalue weighted by atomic mass is 28.4. The molecule has 0 aliphatic rings. The molecule has 1 atom stereocenters. The van der Waals surface area contributed by atoms with Crippen molar-refractivity contribution in [2.24, 2.45) is 5.41 Å². The van der Waals surface area contributed by atoms with E-state index in [-0.39, 0.29) is 17.4 Å². The van der Waals surface area contributed by atoms with Crippen LogP contribution in [0, 0.1) is 5.41 Å². The van der Waals surface area contributed by atoms with Gasteiger partial charge in [0.1, 0.15) is 6.61 Å². The Labute approximate surface area is 135 Å². The Balaban J connectivity index is 5.77. The standard InChI is InChI=1S/C16H32O5Si/c1-12(18)20-11-16(10-17,13(19)14(2,3)4)21-22(8,9)15(5,6)7/h17H,10-11H2,1-9H3. The molecular weight excluding hydrogens is 300 g/mol. The molecule has 0 heterocycles. The average Bonchev–Trinajstić information content (AvgIpc) is 2.30. The van der Waals surface area contributed by atoms with Crippen LogP contribution in [0.15, 0.2) is 0 Å². The fourth-order valence-corrected chi connectivity index (χ4v) is 3.33. The Kier molecular flexibility index (Phi) is 6.58.